The van der Waals surface area contributed by atoms with Crippen LogP contribution in [0.4, 0.5) is 0 Å². The maximum atomic E-state index is 10.2. The fraction of sp³-hybridized carbons (Fsp3) is 0.750. The van der Waals surface area contributed by atoms with E-state index in [9.17, 15) is 19.8 Å². The summed E-state index contributed by atoms with van der Waals surface area (Å²) in [4.78, 5) is 20.4. The molecule has 0 aliphatic rings. The molecule has 0 spiro atoms. The summed E-state index contributed by atoms with van der Waals surface area (Å²) in [6, 6.07) is 0. The largest absolute Gasteiger partial charge is 0.481 e. The van der Waals surface area contributed by atoms with Crippen molar-refractivity contribution in [3.63, 3.8) is 0 Å². The molecule has 6 nitrogen and oxygen atoms in total. The molecule has 0 heterocycles. The second kappa shape index (κ2) is 5.56. The number of carboxylic acids is 2. The van der Waals surface area contributed by atoms with Crippen molar-refractivity contribution in [3.05, 3.63) is 0 Å². The van der Waals surface area contributed by atoms with Gasteiger partial charge in [-0.1, -0.05) is 6.92 Å². The molecule has 0 unspecified atom stereocenters. The number of aliphatic hydroxyl groups is 2. The fourth-order valence-corrected chi connectivity index (χ4v) is 0.986. The second-order valence-electron chi connectivity index (χ2n) is 3.19. The summed E-state index contributed by atoms with van der Waals surface area (Å²) in [7, 11) is 0. The molecule has 0 aromatic carbocycles. The maximum absolute atomic E-state index is 10.2. The Morgan fingerprint density at radius 3 is 1.50 bits per heavy atom. The Morgan fingerprint density at radius 2 is 1.29 bits per heavy atom. The minimum atomic E-state index is -1.23. The third-order valence-corrected chi connectivity index (χ3v) is 1.98. The highest BCUT2D eigenvalue weighted by molar-refractivity contribution is 5.68. The van der Waals surface area contributed by atoms with E-state index in [-0.39, 0.29) is 0 Å². The lowest BCUT2D eigenvalue weighted by molar-refractivity contribution is -0.142. The second-order valence-corrected chi connectivity index (χ2v) is 3.19. The maximum Gasteiger partial charge on any atom is 0.305 e. The van der Waals surface area contributed by atoms with Crippen LogP contribution in [0.5, 0.6) is 0 Å². The third-order valence-electron chi connectivity index (χ3n) is 1.98. The summed E-state index contributed by atoms with van der Waals surface area (Å²) in [5.41, 5.74) is 0. The SMILES string of the molecule is C[C@H]([C@H](O)CC(=O)O)[C@@H](O)CC(=O)O. The molecule has 0 saturated carbocycles. The molecule has 3 atom stereocenters. The average molecular weight is 206 g/mol. The van der Waals surface area contributed by atoms with Crippen molar-refractivity contribution in [2.45, 2.75) is 32.0 Å². The summed E-state index contributed by atoms with van der Waals surface area (Å²) in [5, 5.41) is 35.2. The summed E-state index contributed by atoms with van der Waals surface area (Å²) in [5.74, 6) is -3.15. The zero-order valence-corrected chi connectivity index (χ0v) is 7.75. The molecule has 82 valence electrons. The molecule has 0 rings (SSSR count). The van der Waals surface area contributed by atoms with Crippen LogP contribution < -0.4 is 0 Å². The van der Waals surface area contributed by atoms with Gasteiger partial charge >= 0.3 is 11.9 Å². The van der Waals surface area contributed by atoms with Crippen molar-refractivity contribution in [1.82, 2.24) is 0 Å². The van der Waals surface area contributed by atoms with Crippen molar-refractivity contribution in [3.8, 4) is 0 Å². The topological polar surface area (TPSA) is 115 Å². The number of carboxylic acid groups (broad SMARTS) is 2. The molecule has 0 aliphatic heterocycles. The van der Waals surface area contributed by atoms with Crippen LogP contribution in [0.1, 0.15) is 19.8 Å². The molecule has 14 heavy (non-hydrogen) atoms. The number of carbonyl (C=O) groups is 2. The zero-order valence-electron chi connectivity index (χ0n) is 7.75. The first-order chi connectivity index (χ1) is 6.34. The van der Waals surface area contributed by atoms with Crippen LogP contribution in [0, 0.1) is 5.92 Å². The van der Waals surface area contributed by atoms with Gasteiger partial charge in [0.15, 0.2) is 0 Å². The Morgan fingerprint density at radius 1 is 1.00 bits per heavy atom. The predicted molar refractivity (Wildman–Crippen MR) is 45.7 cm³/mol. The smallest absolute Gasteiger partial charge is 0.305 e. The van der Waals surface area contributed by atoms with Gasteiger partial charge in [0.05, 0.1) is 25.0 Å². The van der Waals surface area contributed by atoms with Gasteiger partial charge in [-0.15, -0.1) is 0 Å². The van der Waals surface area contributed by atoms with Crippen LogP contribution in [0.2, 0.25) is 0 Å². The lowest BCUT2D eigenvalue weighted by atomic mass is 9.94. The van der Waals surface area contributed by atoms with E-state index in [1.165, 1.54) is 6.92 Å². The van der Waals surface area contributed by atoms with E-state index in [0.717, 1.165) is 0 Å². The van der Waals surface area contributed by atoms with Crippen LogP contribution in [0.3, 0.4) is 0 Å². The van der Waals surface area contributed by atoms with E-state index in [1.54, 1.807) is 0 Å². The molecular formula is C8H14O6. The Labute approximate surface area is 80.8 Å². The summed E-state index contributed by atoms with van der Waals surface area (Å²) >= 11 is 0. The predicted octanol–water partition coefficient (Wildman–Crippen LogP) is -0.706. The Bertz CT molecular complexity index is 192. The van der Waals surface area contributed by atoms with Crippen LogP contribution >= 0.6 is 0 Å². The number of aliphatic hydroxyl groups excluding tert-OH is 2. The average Bonchev–Trinajstić information content (AvgIpc) is 2.00. The summed E-state index contributed by atoms with van der Waals surface area (Å²) < 4.78 is 0. The van der Waals surface area contributed by atoms with Crippen molar-refractivity contribution in [1.29, 1.82) is 0 Å². The highest BCUT2D eigenvalue weighted by Gasteiger charge is 2.25. The Hall–Kier alpha value is -1.14. The van der Waals surface area contributed by atoms with Crippen molar-refractivity contribution >= 4 is 11.9 Å². The normalized spacial score (nSPS) is 17.1. The van der Waals surface area contributed by atoms with Gasteiger partial charge in [-0.3, -0.25) is 9.59 Å². The minimum absolute atomic E-state index is 0.502. The number of aliphatic carboxylic acids is 2. The molecule has 0 aromatic heterocycles. The van der Waals surface area contributed by atoms with Gasteiger partial charge in [-0.05, 0) is 0 Å². The molecule has 0 fully saturated rings. The van der Waals surface area contributed by atoms with Gasteiger partial charge in [0, 0.05) is 5.92 Å². The first-order valence-electron chi connectivity index (χ1n) is 4.14. The van der Waals surface area contributed by atoms with Gasteiger partial charge in [0.2, 0.25) is 0 Å². The van der Waals surface area contributed by atoms with Crippen LogP contribution in [0.25, 0.3) is 0 Å². The van der Waals surface area contributed by atoms with E-state index >= 15 is 0 Å². The fourth-order valence-electron chi connectivity index (χ4n) is 0.986. The van der Waals surface area contributed by atoms with Gasteiger partial charge < -0.3 is 20.4 Å². The Kier molecular flexibility index (Phi) is 5.11. The number of hydrogen-bond acceptors (Lipinski definition) is 4. The molecule has 0 bridgehead atoms. The number of hydrogen-bond donors (Lipinski definition) is 4. The van der Waals surface area contributed by atoms with Gasteiger partial charge in [-0.2, -0.15) is 0 Å². The van der Waals surface area contributed by atoms with Crippen molar-refractivity contribution in [2.24, 2.45) is 5.92 Å². The molecule has 0 amide bonds. The molecule has 0 aromatic rings. The molecule has 0 aliphatic carbocycles. The monoisotopic (exact) mass is 206 g/mol. The summed E-state index contributed by atoms with van der Waals surface area (Å²) in [6.45, 7) is 1.40. The van der Waals surface area contributed by atoms with E-state index < -0.39 is 42.9 Å². The molecule has 0 saturated heterocycles. The molecule has 4 N–H and O–H groups in total. The van der Waals surface area contributed by atoms with Gasteiger partial charge in [0.1, 0.15) is 0 Å². The number of rotatable bonds is 6. The zero-order chi connectivity index (χ0) is 11.3. The van der Waals surface area contributed by atoms with Crippen molar-refractivity contribution in [2.75, 3.05) is 0 Å². The minimum Gasteiger partial charge on any atom is -0.481 e. The van der Waals surface area contributed by atoms with Crippen LogP contribution in [-0.4, -0.2) is 44.6 Å². The summed E-state index contributed by atoms with van der Waals surface area (Å²) in [6.07, 6.45) is -3.47. The molecule has 0 radical (unpaired) electrons. The molecule has 6 heteroatoms. The van der Waals surface area contributed by atoms with E-state index in [1.807, 2.05) is 0 Å². The van der Waals surface area contributed by atoms with Crippen molar-refractivity contribution < 1.29 is 30.0 Å². The highest BCUT2D eigenvalue weighted by atomic mass is 16.4. The van der Waals surface area contributed by atoms with Crippen LogP contribution in [0.15, 0.2) is 0 Å². The van der Waals surface area contributed by atoms with Gasteiger partial charge in [0.25, 0.3) is 0 Å². The van der Waals surface area contributed by atoms with E-state index in [0.29, 0.717) is 0 Å². The van der Waals surface area contributed by atoms with E-state index in [2.05, 4.69) is 0 Å². The quantitative estimate of drug-likeness (QED) is 0.456. The standard InChI is InChI=1S/C8H14O6/c1-4(5(9)2-7(11)12)6(10)3-8(13)14/h4-6,9-10H,2-3H2,1H3,(H,11,12)(H,13,14)/t4-,5-,6+. The van der Waals surface area contributed by atoms with E-state index in [4.69, 9.17) is 10.2 Å². The van der Waals surface area contributed by atoms with Crippen LogP contribution in [-0.2, 0) is 9.59 Å². The Balaban J connectivity index is 4.09. The lowest BCUT2D eigenvalue weighted by Gasteiger charge is -2.21. The molecular weight excluding hydrogens is 192 g/mol. The van der Waals surface area contributed by atoms with Gasteiger partial charge in [-0.25, -0.2) is 0 Å². The lowest BCUT2D eigenvalue weighted by Crippen LogP contribution is -2.32. The first kappa shape index (κ1) is 12.9. The third kappa shape index (κ3) is 4.78. The first-order valence-corrected chi connectivity index (χ1v) is 4.14. The highest BCUT2D eigenvalue weighted by Crippen LogP contribution is 2.14.